The standard InChI is InChI=1S/C22H31N3O3/c1-6-23-22(25-19-11-12-20(26-4)21(13-19)27-5)24-14-17-7-9-18(10-8-17)15-28-16(2)3/h7-13,16H,6,14-15H2,1-5H3,(H2,23,24,25). The van der Waals surface area contributed by atoms with E-state index in [4.69, 9.17) is 14.2 Å². The zero-order valence-corrected chi connectivity index (χ0v) is 17.4. The fourth-order valence-corrected chi connectivity index (χ4v) is 2.53. The Morgan fingerprint density at radius 3 is 2.25 bits per heavy atom. The molecule has 0 aliphatic heterocycles. The van der Waals surface area contributed by atoms with Crippen LogP contribution < -0.4 is 20.1 Å². The zero-order chi connectivity index (χ0) is 20.4. The van der Waals surface area contributed by atoms with E-state index in [1.165, 1.54) is 0 Å². The predicted molar refractivity (Wildman–Crippen MR) is 114 cm³/mol. The van der Waals surface area contributed by atoms with Crippen LogP contribution in [0.5, 0.6) is 11.5 Å². The highest BCUT2D eigenvalue weighted by atomic mass is 16.5. The molecule has 6 heteroatoms. The van der Waals surface area contributed by atoms with Crippen LogP contribution in [0.25, 0.3) is 0 Å². The Balaban J connectivity index is 2.04. The second kappa shape index (κ2) is 11.2. The Labute approximate surface area is 167 Å². The first kappa shape index (κ1) is 21.6. The molecule has 28 heavy (non-hydrogen) atoms. The van der Waals surface area contributed by atoms with Crippen molar-refractivity contribution >= 4 is 11.6 Å². The average Bonchev–Trinajstić information content (AvgIpc) is 2.71. The summed E-state index contributed by atoms with van der Waals surface area (Å²) in [6.07, 6.45) is 0.231. The highest BCUT2D eigenvalue weighted by Gasteiger charge is 2.06. The van der Waals surface area contributed by atoms with Crippen molar-refractivity contribution in [3.63, 3.8) is 0 Å². The number of benzene rings is 2. The molecule has 0 saturated heterocycles. The summed E-state index contributed by atoms with van der Waals surface area (Å²) in [5.41, 5.74) is 3.17. The quantitative estimate of drug-likeness (QED) is 0.500. The van der Waals surface area contributed by atoms with Crippen LogP contribution >= 0.6 is 0 Å². The molecule has 0 aliphatic carbocycles. The third-order valence-electron chi connectivity index (χ3n) is 4.02. The minimum Gasteiger partial charge on any atom is -0.493 e. The number of ether oxygens (including phenoxy) is 3. The summed E-state index contributed by atoms with van der Waals surface area (Å²) in [6, 6.07) is 14.0. The Hall–Kier alpha value is -2.73. The van der Waals surface area contributed by atoms with E-state index in [1.54, 1.807) is 14.2 Å². The van der Waals surface area contributed by atoms with Crippen LogP contribution in [0.2, 0.25) is 0 Å². The van der Waals surface area contributed by atoms with Crippen molar-refractivity contribution in [1.29, 1.82) is 0 Å². The predicted octanol–water partition coefficient (Wildman–Crippen LogP) is 4.21. The fourth-order valence-electron chi connectivity index (χ4n) is 2.53. The molecule has 2 N–H and O–H groups in total. The average molecular weight is 386 g/mol. The number of methoxy groups -OCH3 is 2. The molecule has 0 aliphatic rings. The molecule has 0 atom stereocenters. The molecule has 0 amide bonds. The summed E-state index contributed by atoms with van der Waals surface area (Å²) >= 11 is 0. The largest absolute Gasteiger partial charge is 0.493 e. The molecule has 0 aromatic heterocycles. The first-order valence-corrected chi connectivity index (χ1v) is 9.52. The lowest BCUT2D eigenvalue weighted by molar-refractivity contribution is 0.0657. The molecule has 0 bridgehead atoms. The monoisotopic (exact) mass is 385 g/mol. The van der Waals surface area contributed by atoms with Gasteiger partial charge in [0.2, 0.25) is 0 Å². The van der Waals surface area contributed by atoms with Crippen molar-refractivity contribution in [2.45, 2.75) is 40.0 Å². The summed E-state index contributed by atoms with van der Waals surface area (Å²) in [5.74, 6) is 2.07. The molecular weight excluding hydrogens is 354 g/mol. The fraction of sp³-hybridized carbons (Fsp3) is 0.409. The second-order valence-corrected chi connectivity index (χ2v) is 6.57. The molecule has 0 heterocycles. The number of hydrogen-bond donors (Lipinski definition) is 2. The van der Waals surface area contributed by atoms with Gasteiger partial charge >= 0.3 is 0 Å². The molecule has 0 radical (unpaired) electrons. The summed E-state index contributed by atoms with van der Waals surface area (Å²) in [5, 5.41) is 6.56. The summed E-state index contributed by atoms with van der Waals surface area (Å²) in [6.45, 7) is 8.09. The number of aliphatic imine (C=N–C) groups is 1. The second-order valence-electron chi connectivity index (χ2n) is 6.57. The van der Waals surface area contributed by atoms with E-state index in [9.17, 15) is 0 Å². The van der Waals surface area contributed by atoms with E-state index in [-0.39, 0.29) is 6.10 Å². The van der Waals surface area contributed by atoms with Gasteiger partial charge in [-0.05, 0) is 44.0 Å². The minimum absolute atomic E-state index is 0.231. The van der Waals surface area contributed by atoms with Crippen LogP contribution in [0.4, 0.5) is 5.69 Å². The topological polar surface area (TPSA) is 64.1 Å². The first-order valence-electron chi connectivity index (χ1n) is 9.52. The van der Waals surface area contributed by atoms with Gasteiger partial charge in [-0.2, -0.15) is 0 Å². The molecule has 6 nitrogen and oxygen atoms in total. The van der Waals surface area contributed by atoms with Crippen molar-refractivity contribution in [1.82, 2.24) is 5.32 Å². The summed E-state index contributed by atoms with van der Waals surface area (Å²) in [7, 11) is 3.24. The van der Waals surface area contributed by atoms with Gasteiger partial charge in [-0.3, -0.25) is 0 Å². The lowest BCUT2D eigenvalue weighted by Gasteiger charge is -2.14. The summed E-state index contributed by atoms with van der Waals surface area (Å²) < 4.78 is 16.3. The number of anilines is 1. The number of guanidine groups is 1. The van der Waals surface area contributed by atoms with Gasteiger partial charge in [-0.25, -0.2) is 4.99 Å². The molecule has 2 rings (SSSR count). The van der Waals surface area contributed by atoms with Crippen molar-refractivity contribution in [3.8, 4) is 11.5 Å². The van der Waals surface area contributed by atoms with Crippen molar-refractivity contribution in [2.75, 3.05) is 26.1 Å². The molecular formula is C22H31N3O3. The van der Waals surface area contributed by atoms with Crippen LogP contribution in [0.3, 0.4) is 0 Å². The van der Waals surface area contributed by atoms with Gasteiger partial charge in [0, 0.05) is 18.3 Å². The lowest BCUT2D eigenvalue weighted by atomic mass is 10.1. The molecule has 2 aromatic carbocycles. The Kier molecular flexibility index (Phi) is 8.62. The lowest BCUT2D eigenvalue weighted by Crippen LogP contribution is -2.30. The van der Waals surface area contributed by atoms with E-state index in [0.29, 0.717) is 30.6 Å². The molecule has 0 spiro atoms. The molecule has 0 unspecified atom stereocenters. The van der Waals surface area contributed by atoms with Gasteiger partial charge in [0.1, 0.15) is 0 Å². The van der Waals surface area contributed by atoms with Gasteiger partial charge in [-0.1, -0.05) is 24.3 Å². The zero-order valence-electron chi connectivity index (χ0n) is 17.4. The number of hydrogen-bond acceptors (Lipinski definition) is 4. The maximum atomic E-state index is 5.63. The Bertz CT molecular complexity index is 758. The highest BCUT2D eigenvalue weighted by molar-refractivity contribution is 5.93. The van der Waals surface area contributed by atoms with Crippen molar-refractivity contribution < 1.29 is 14.2 Å². The van der Waals surface area contributed by atoms with Gasteiger partial charge in [0.15, 0.2) is 17.5 Å². The summed E-state index contributed by atoms with van der Waals surface area (Å²) in [4.78, 5) is 4.67. The van der Waals surface area contributed by atoms with Crippen LogP contribution in [-0.2, 0) is 17.9 Å². The van der Waals surface area contributed by atoms with Gasteiger partial charge in [0.25, 0.3) is 0 Å². The van der Waals surface area contributed by atoms with Crippen LogP contribution in [0, 0.1) is 0 Å². The van der Waals surface area contributed by atoms with E-state index < -0.39 is 0 Å². The van der Waals surface area contributed by atoms with Gasteiger partial charge in [-0.15, -0.1) is 0 Å². The third-order valence-corrected chi connectivity index (χ3v) is 4.02. The number of nitrogens with one attached hydrogen (secondary N) is 2. The van der Waals surface area contributed by atoms with Gasteiger partial charge < -0.3 is 24.8 Å². The van der Waals surface area contributed by atoms with Crippen LogP contribution in [0.1, 0.15) is 31.9 Å². The molecule has 2 aromatic rings. The van der Waals surface area contributed by atoms with Crippen molar-refractivity contribution in [2.24, 2.45) is 4.99 Å². The minimum atomic E-state index is 0.231. The normalized spacial score (nSPS) is 11.4. The smallest absolute Gasteiger partial charge is 0.196 e. The maximum Gasteiger partial charge on any atom is 0.196 e. The number of rotatable bonds is 9. The third kappa shape index (κ3) is 6.78. The van der Waals surface area contributed by atoms with E-state index in [2.05, 4.69) is 39.9 Å². The van der Waals surface area contributed by atoms with Crippen LogP contribution in [-0.4, -0.2) is 32.8 Å². The molecule has 0 saturated carbocycles. The number of nitrogens with zero attached hydrogens (tertiary/aromatic N) is 1. The maximum absolute atomic E-state index is 5.63. The van der Waals surface area contributed by atoms with E-state index in [1.807, 2.05) is 39.0 Å². The first-order chi connectivity index (χ1) is 13.5. The van der Waals surface area contributed by atoms with Crippen molar-refractivity contribution in [3.05, 3.63) is 53.6 Å². The van der Waals surface area contributed by atoms with Crippen LogP contribution in [0.15, 0.2) is 47.5 Å². The van der Waals surface area contributed by atoms with E-state index >= 15 is 0 Å². The SMILES string of the molecule is CCNC(=NCc1ccc(COC(C)C)cc1)Nc1ccc(OC)c(OC)c1. The van der Waals surface area contributed by atoms with E-state index in [0.717, 1.165) is 23.4 Å². The Morgan fingerprint density at radius 1 is 0.964 bits per heavy atom. The Morgan fingerprint density at radius 2 is 1.64 bits per heavy atom. The van der Waals surface area contributed by atoms with Gasteiger partial charge in [0.05, 0.1) is 33.5 Å². The molecule has 0 fully saturated rings. The molecule has 152 valence electrons. The highest BCUT2D eigenvalue weighted by Crippen LogP contribution is 2.29.